The number of carbonyl (C=O) groups is 3. The highest BCUT2D eigenvalue weighted by Gasteiger charge is 2.29. The van der Waals surface area contributed by atoms with Gasteiger partial charge in [-0.25, -0.2) is 18.6 Å². The van der Waals surface area contributed by atoms with E-state index in [-0.39, 0.29) is 30.9 Å². The number of halogens is 2. The number of nitrogens with two attached hydrogens (primary N) is 1. The minimum absolute atomic E-state index is 0.133. The highest BCUT2D eigenvalue weighted by molar-refractivity contribution is 5.93. The van der Waals surface area contributed by atoms with E-state index in [0.717, 1.165) is 28.8 Å². The lowest BCUT2D eigenvalue weighted by Gasteiger charge is -2.29. The van der Waals surface area contributed by atoms with Crippen LogP contribution in [0, 0.1) is 18.6 Å². The number of amides is 2. The summed E-state index contributed by atoms with van der Waals surface area (Å²) in [4.78, 5) is 34.9. The second-order valence-corrected chi connectivity index (χ2v) is 9.53. The van der Waals surface area contributed by atoms with E-state index in [1.807, 2.05) is 37.3 Å². The molecule has 0 radical (unpaired) electrons. The van der Waals surface area contributed by atoms with E-state index in [9.17, 15) is 28.3 Å². The van der Waals surface area contributed by atoms with E-state index in [0.29, 0.717) is 30.6 Å². The molecule has 0 aromatic heterocycles. The Morgan fingerprint density at radius 2 is 1.77 bits per heavy atom. The Balaban J connectivity index is 1.40. The first-order valence-electron chi connectivity index (χ1n) is 12.5. The molecule has 4 N–H and O–H groups in total. The number of carboxylic acid groups (broad SMARTS) is 1. The minimum atomic E-state index is -1.68. The molecule has 0 aliphatic carbocycles. The Morgan fingerprint density at radius 3 is 2.41 bits per heavy atom. The van der Waals surface area contributed by atoms with E-state index >= 15 is 0 Å². The topological polar surface area (TPSA) is 124 Å². The number of aromatic carboxylic acids is 1. The van der Waals surface area contributed by atoms with Crippen molar-refractivity contribution in [2.24, 2.45) is 5.73 Å². The standard InChI is InChI=1S/C29H29F2N3O5/c1-17-13-21(28(32)37)5-6-22(17)19-3-2-4-20(16-19)25(35)8-10-33-11-9-26(36)34(33)12-7-18-14-23(30)27(29(38)39)24(31)15-18/h2-6,13-16,25,35H,7-12H2,1H3,(H2,32,37)(H,38,39)/t25-/m0/s1. The summed E-state index contributed by atoms with van der Waals surface area (Å²) in [5.41, 5.74) is 8.39. The van der Waals surface area contributed by atoms with Gasteiger partial charge < -0.3 is 15.9 Å². The summed E-state index contributed by atoms with van der Waals surface area (Å²) in [6.07, 6.45) is -0.0514. The molecule has 3 aromatic carbocycles. The Morgan fingerprint density at radius 1 is 1.05 bits per heavy atom. The van der Waals surface area contributed by atoms with Gasteiger partial charge in [0.1, 0.15) is 17.2 Å². The molecule has 1 aliphatic rings. The summed E-state index contributed by atoms with van der Waals surface area (Å²) in [6.45, 7) is 2.88. The van der Waals surface area contributed by atoms with Gasteiger partial charge in [-0.15, -0.1) is 0 Å². The van der Waals surface area contributed by atoms with Gasteiger partial charge in [-0.2, -0.15) is 0 Å². The fourth-order valence-corrected chi connectivity index (χ4v) is 4.83. The number of aliphatic hydroxyl groups is 1. The molecule has 1 heterocycles. The first-order chi connectivity index (χ1) is 18.5. The third kappa shape index (κ3) is 6.30. The van der Waals surface area contributed by atoms with Crippen molar-refractivity contribution in [3.05, 3.63) is 94.0 Å². The van der Waals surface area contributed by atoms with Gasteiger partial charge in [-0.3, -0.25) is 14.6 Å². The van der Waals surface area contributed by atoms with Crippen LogP contribution < -0.4 is 5.73 Å². The third-order valence-electron chi connectivity index (χ3n) is 6.90. The van der Waals surface area contributed by atoms with Crippen molar-refractivity contribution in [3.63, 3.8) is 0 Å². The SMILES string of the molecule is Cc1cc(C(N)=O)ccc1-c1cccc([C@@H](O)CCN2CCC(=O)N2CCc2cc(F)c(C(=O)O)c(F)c2)c1. The number of primary amides is 1. The van der Waals surface area contributed by atoms with Crippen LogP contribution in [0.5, 0.6) is 0 Å². The third-order valence-corrected chi connectivity index (χ3v) is 6.90. The summed E-state index contributed by atoms with van der Waals surface area (Å²) in [6, 6.07) is 14.6. The van der Waals surface area contributed by atoms with E-state index in [1.54, 1.807) is 17.1 Å². The van der Waals surface area contributed by atoms with Gasteiger partial charge in [0.05, 0.1) is 6.10 Å². The average Bonchev–Trinajstić information content (AvgIpc) is 3.24. The minimum Gasteiger partial charge on any atom is -0.477 e. The molecule has 1 saturated heterocycles. The van der Waals surface area contributed by atoms with Crippen LogP contribution in [0.15, 0.2) is 54.6 Å². The fourth-order valence-electron chi connectivity index (χ4n) is 4.83. The number of aryl methyl sites for hydroxylation is 1. The van der Waals surface area contributed by atoms with Crippen LogP contribution in [0.1, 0.15) is 56.4 Å². The van der Waals surface area contributed by atoms with Crippen molar-refractivity contribution in [1.82, 2.24) is 10.0 Å². The maximum Gasteiger partial charge on any atom is 0.341 e. The zero-order valence-electron chi connectivity index (χ0n) is 21.4. The normalized spacial score (nSPS) is 14.6. The molecule has 0 bridgehead atoms. The Kier molecular flexibility index (Phi) is 8.37. The predicted molar refractivity (Wildman–Crippen MR) is 140 cm³/mol. The second kappa shape index (κ2) is 11.7. The fraction of sp³-hybridized carbons (Fsp3) is 0.276. The van der Waals surface area contributed by atoms with Crippen molar-refractivity contribution < 1.29 is 33.4 Å². The summed E-state index contributed by atoms with van der Waals surface area (Å²) in [5, 5.41) is 23.2. The van der Waals surface area contributed by atoms with Crippen molar-refractivity contribution in [3.8, 4) is 11.1 Å². The van der Waals surface area contributed by atoms with E-state index < -0.39 is 35.2 Å². The molecule has 10 heteroatoms. The van der Waals surface area contributed by atoms with Crippen LogP contribution in [-0.4, -0.2) is 57.6 Å². The first-order valence-corrected chi connectivity index (χ1v) is 12.5. The number of carbonyl (C=O) groups excluding carboxylic acids is 2. The number of rotatable bonds is 10. The maximum absolute atomic E-state index is 14.0. The van der Waals surface area contributed by atoms with Gasteiger partial charge in [-0.1, -0.05) is 24.3 Å². The lowest BCUT2D eigenvalue weighted by molar-refractivity contribution is -0.138. The number of hydrogen-bond acceptors (Lipinski definition) is 5. The molecule has 0 spiro atoms. The molecule has 8 nitrogen and oxygen atoms in total. The summed E-state index contributed by atoms with van der Waals surface area (Å²) in [7, 11) is 0. The molecule has 204 valence electrons. The van der Waals surface area contributed by atoms with Crippen LogP contribution in [0.4, 0.5) is 8.78 Å². The largest absolute Gasteiger partial charge is 0.477 e. The second-order valence-electron chi connectivity index (χ2n) is 9.53. The Labute approximate surface area is 224 Å². The maximum atomic E-state index is 14.0. The number of nitrogens with zero attached hydrogens (tertiary/aromatic N) is 2. The lowest BCUT2D eigenvalue weighted by atomic mass is 9.95. The van der Waals surface area contributed by atoms with Crippen LogP contribution in [0.25, 0.3) is 11.1 Å². The number of hydrogen-bond donors (Lipinski definition) is 3. The zero-order chi connectivity index (χ0) is 28.3. The highest BCUT2D eigenvalue weighted by atomic mass is 19.1. The Bertz CT molecular complexity index is 1400. The molecule has 0 saturated carbocycles. The molecule has 0 unspecified atom stereocenters. The monoisotopic (exact) mass is 537 g/mol. The summed E-state index contributed by atoms with van der Waals surface area (Å²) >= 11 is 0. The van der Waals surface area contributed by atoms with Crippen LogP contribution in [-0.2, 0) is 11.2 Å². The number of hydrazine groups is 1. The summed E-state index contributed by atoms with van der Waals surface area (Å²) in [5.74, 6) is -4.64. The molecule has 2 amide bonds. The number of benzene rings is 3. The van der Waals surface area contributed by atoms with Crippen molar-refractivity contribution in [1.29, 1.82) is 0 Å². The quantitative estimate of drug-likeness (QED) is 0.361. The molecular weight excluding hydrogens is 508 g/mol. The van der Waals surface area contributed by atoms with Crippen molar-refractivity contribution in [2.75, 3.05) is 19.6 Å². The smallest absolute Gasteiger partial charge is 0.341 e. The molecule has 1 aliphatic heterocycles. The van der Waals surface area contributed by atoms with E-state index in [2.05, 4.69) is 0 Å². The van der Waals surface area contributed by atoms with E-state index in [4.69, 9.17) is 10.8 Å². The van der Waals surface area contributed by atoms with Crippen LogP contribution >= 0.6 is 0 Å². The van der Waals surface area contributed by atoms with Crippen molar-refractivity contribution in [2.45, 2.75) is 32.3 Å². The zero-order valence-corrected chi connectivity index (χ0v) is 21.4. The molecule has 3 aromatic rings. The van der Waals surface area contributed by atoms with Gasteiger partial charge in [-0.05, 0) is 77.9 Å². The first kappa shape index (κ1) is 27.9. The molecule has 1 fully saturated rings. The van der Waals surface area contributed by atoms with Gasteiger partial charge in [0.15, 0.2) is 0 Å². The Hall–Kier alpha value is -4.15. The van der Waals surface area contributed by atoms with Gasteiger partial charge in [0.25, 0.3) is 0 Å². The summed E-state index contributed by atoms with van der Waals surface area (Å²) < 4.78 is 28.1. The van der Waals surface area contributed by atoms with Crippen LogP contribution in [0.2, 0.25) is 0 Å². The molecular formula is C29H29F2N3O5. The van der Waals surface area contributed by atoms with Crippen molar-refractivity contribution >= 4 is 17.8 Å². The van der Waals surface area contributed by atoms with Gasteiger partial charge in [0.2, 0.25) is 11.8 Å². The molecule has 39 heavy (non-hydrogen) atoms. The van der Waals surface area contributed by atoms with E-state index in [1.165, 1.54) is 5.01 Å². The molecule has 1 atom stereocenters. The number of aliphatic hydroxyl groups excluding tert-OH is 1. The van der Waals surface area contributed by atoms with Gasteiger partial charge in [0, 0.05) is 31.6 Å². The van der Waals surface area contributed by atoms with Gasteiger partial charge >= 0.3 is 5.97 Å². The van der Waals surface area contributed by atoms with Crippen LogP contribution in [0.3, 0.4) is 0 Å². The molecule has 4 rings (SSSR count). The average molecular weight is 538 g/mol. The predicted octanol–water partition coefficient (Wildman–Crippen LogP) is 3.85. The lowest BCUT2D eigenvalue weighted by Crippen LogP contribution is -2.41. The highest BCUT2D eigenvalue weighted by Crippen LogP contribution is 2.28. The number of carboxylic acids is 1.